The fraction of sp³-hybridized carbons (Fsp3) is 0.400. The molecule has 0 saturated heterocycles. The van der Waals surface area contributed by atoms with Gasteiger partial charge in [-0.2, -0.15) is 0 Å². The first-order valence-electron chi connectivity index (χ1n) is 4.33. The van der Waals surface area contributed by atoms with E-state index < -0.39 is 0 Å². The molecule has 0 amide bonds. The first kappa shape index (κ1) is 11.0. The molecular formula is C10H14BrNS. The van der Waals surface area contributed by atoms with Gasteiger partial charge in [0, 0.05) is 10.9 Å². The highest BCUT2D eigenvalue weighted by molar-refractivity contribution is 9.11. The van der Waals surface area contributed by atoms with E-state index in [-0.39, 0.29) is 0 Å². The minimum absolute atomic E-state index is 0.441. The normalized spacial score (nSPS) is 12.8. The zero-order chi connectivity index (χ0) is 9.68. The Bertz CT molecular complexity index is 270. The zero-order valence-corrected chi connectivity index (χ0v) is 10.1. The average Bonchev–Trinajstić information content (AvgIpc) is 2.52. The molecule has 0 saturated carbocycles. The molecule has 1 rings (SSSR count). The summed E-state index contributed by atoms with van der Waals surface area (Å²) in [4.78, 5) is 1.37. The molecule has 13 heavy (non-hydrogen) atoms. The predicted octanol–water partition coefficient (Wildman–Crippen LogP) is 3.74. The van der Waals surface area contributed by atoms with Crippen molar-refractivity contribution < 1.29 is 0 Å². The second-order valence-corrected chi connectivity index (χ2v) is 5.39. The van der Waals surface area contributed by atoms with E-state index in [4.69, 9.17) is 0 Å². The second-order valence-electron chi connectivity index (χ2n) is 2.90. The van der Waals surface area contributed by atoms with Crippen LogP contribution in [0.4, 0.5) is 0 Å². The van der Waals surface area contributed by atoms with Crippen LogP contribution in [0.3, 0.4) is 0 Å². The van der Waals surface area contributed by atoms with E-state index in [1.54, 1.807) is 11.3 Å². The van der Waals surface area contributed by atoms with Gasteiger partial charge in [-0.25, -0.2) is 0 Å². The quantitative estimate of drug-likeness (QED) is 0.628. The summed E-state index contributed by atoms with van der Waals surface area (Å²) < 4.78 is 1.19. The molecule has 1 N–H and O–H groups in total. The molecule has 0 bridgehead atoms. The van der Waals surface area contributed by atoms with Crippen LogP contribution < -0.4 is 5.32 Å². The van der Waals surface area contributed by atoms with Crippen LogP contribution in [0.25, 0.3) is 0 Å². The molecule has 1 aromatic heterocycles. The van der Waals surface area contributed by atoms with Gasteiger partial charge in [0.05, 0.1) is 3.79 Å². The summed E-state index contributed by atoms with van der Waals surface area (Å²) in [7, 11) is 0. The summed E-state index contributed by atoms with van der Waals surface area (Å²) in [5.74, 6) is 0. The lowest BCUT2D eigenvalue weighted by Gasteiger charge is -2.10. The van der Waals surface area contributed by atoms with Crippen LogP contribution in [0.2, 0.25) is 0 Å². The van der Waals surface area contributed by atoms with Gasteiger partial charge >= 0.3 is 0 Å². The van der Waals surface area contributed by atoms with Crippen molar-refractivity contribution in [1.82, 2.24) is 5.32 Å². The molecule has 1 aromatic rings. The SMILES string of the molecule is C=CCCNC(C)c1ccc(Br)s1. The van der Waals surface area contributed by atoms with E-state index in [1.807, 2.05) is 6.08 Å². The zero-order valence-electron chi connectivity index (χ0n) is 7.72. The van der Waals surface area contributed by atoms with Gasteiger partial charge in [0.1, 0.15) is 0 Å². The highest BCUT2D eigenvalue weighted by atomic mass is 79.9. The Labute approximate surface area is 92.0 Å². The second kappa shape index (κ2) is 5.58. The van der Waals surface area contributed by atoms with Crippen molar-refractivity contribution in [1.29, 1.82) is 0 Å². The van der Waals surface area contributed by atoms with Crippen LogP contribution in [0.5, 0.6) is 0 Å². The summed E-state index contributed by atoms with van der Waals surface area (Å²) >= 11 is 5.24. The summed E-state index contributed by atoms with van der Waals surface area (Å²) in [6, 6.07) is 4.68. The molecule has 0 aliphatic rings. The molecule has 72 valence electrons. The van der Waals surface area contributed by atoms with Gasteiger partial charge in [0.15, 0.2) is 0 Å². The number of halogens is 1. The average molecular weight is 260 g/mol. The molecule has 1 atom stereocenters. The first-order chi connectivity index (χ1) is 6.24. The van der Waals surface area contributed by atoms with Gasteiger partial charge in [-0.3, -0.25) is 0 Å². The van der Waals surface area contributed by atoms with Crippen LogP contribution in [-0.4, -0.2) is 6.54 Å². The highest BCUT2D eigenvalue weighted by Crippen LogP contribution is 2.26. The number of thiophene rings is 1. The lowest BCUT2D eigenvalue weighted by atomic mass is 10.2. The van der Waals surface area contributed by atoms with Crippen molar-refractivity contribution in [2.75, 3.05) is 6.54 Å². The highest BCUT2D eigenvalue weighted by Gasteiger charge is 2.05. The van der Waals surface area contributed by atoms with Crippen molar-refractivity contribution in [2.45, 2.75) is 19.4 Å². The molecular weight excluding hydrogens is 246 g/mol. The van der Waals surface area contributed by atoms with Crippen LogP contribution in [0, 0.1) is 0 Å². The predicted molar refractivity (Wildman–Crippen MR) is 63.3 cm³/mol. The topological polar surface area (TPSA) is 12.0 Å². The third kappa shape index (κ3) is 3.63. The molecule has 0 fully saturated rings. The van der Waals surface area contributed by atoms with E-state index in [2.05, 4.69) is 46.9 Å². The third-order valence-electron chi connectivity index (χ3n) is 1.82. The van der Waals surface area contributed by atoms with Gasteiger partial charge in [0.25, 0.3) is 0 Å². The Morgan fingerprint density at radius 1 is 1.69 bits per heavy atom. The fourth-order valence-electron chi connectivity index (χ4n) is 1.06. The number of hydrogen-bond acceptors (Lipinski definition) is 2. The monoisotopic (exact) mass is 259 g/mol. The molecule has 1 unspecified atom stereocenters. The van der Waals surface area contributed by atoms with Gasteiger partial charge < -0.3 is 5.32 Å². The maximum absolute atomic E-state index is 3.69. The van der Waals surface area contributed by atoms with E-state index in [9.17, 15) is 0 Å². The van der Waals surface area contributed by atoms with Crippen LogP contribution in [-0.2, 0) is 0 Å². The third-order valence-corrected chi connectivity index (χ3v) is 3.63. The van der Waals surface area contributed by atoms with Crippen molar-refractivity contribution in [3.63, 3.8) is 0 Å². The number of nitrogens with one attached hydrogen (secondary N) is 1. The maximum Gasteiger partial charge on any atom is 0.0701 e. The Balaban J connectivity index is 2.39. The van der Waals surface area contributed by atoms with Crippen molar-refractivity contribution >= 4 is 27.3 Å². The molecule has 0 aromatic carbocycles. The maximum atomic E-state index is 3.69. The molecule has 0 radical (unpaired) electrons. The molecule has 3 heteroatoms. The Morgan fingerprint density at radius 3 is 3.00 bits per heavy atom. The molecule has 1 nitrogen and oxygen atoms in total. The molecule has 0 aliphatic heterocycles. The molecule has 0 aliphatic carbocycles. The largest absolute Gasteiger partial charge is 0.309 e. The smallest absolute Gasteiger partial charge is 0.0701 e. The van der Waals surface area contributed by atoms with E-state index in [1.165, 1.54) is 8.66 Å². The summed E-state index contributed by atoms with van der Waals surface area (Å²) in [6.45, 7) is 6.87. The van der Waals surface area contributed by atoms with Crippen molar-refractivity contribution in [3.8, 4) is 0 Å². The summed E-state index contributed by atoms with van der Waals surface area (Å²) in [6.07, 6.45) is 2.96. The fourth-order valence-corrected chi connectivity index (χ4v) is 2.51. The van der Waals surface area contributed by atoms with Gasteiger partial charge in [-0.1, -0.05) is 6.08 Å². The Kier molecular flexibility index (Phi) is 4.70. The van der Waals surface area contributed by atoms with Crippen molar-refractivity contribution in [3.05, 3.63) is 33.5 Å². The number of hydrogen-bond donors (Lipinski definition) is 1. The Morgan fingerprint density at radius 2 is 2.46 bits per heavy atom. The molecule has 1 heterocycles. The molecule has 0 spiro atoms. The van der Waals surface area contributed by atoms with E-state index >= 15 is 0 Å². The minimum Gasteiger partial charge on any atom is -0.309 e. The van der Waals surface area contributed by atoms with Crippen molar-refractivity contribution in [2.24, 2.45) is 0 Å². The van der Waals surface area contributed by atoms with E-state index in [0.29, 0.717) is 6.04 Å². The lowest BCUT2D eigenvalue weighted by molar-refractivity contribution is 0.589. The standard InChI is InChI=1S/C10H14BrNS/c1-3-4-7-12-8(2)9-5-6-10(11)13-9/h3,5-6,8,12H,1,4,7H2,2H3. The Hall–Kier alpha value is -0.120. The first-order valence-corrected chi connectivity index (χ1v) is 5.94. The summed E-state index contributed by atoms with van der Waals surface area (Å²) in [5, 5.41) is 3.43. The van der Waals surface area contributed by atoms with Crippen LogP contribution in [0.15, 0.2) is 28.6 Å². The van der Waals surface area contributed by atoms with Crippen LogP contribution >= 0.6 is 27.3 Å². The number of rotatable bonds is 5. The van der Waals surface area contributed by atoms with Gasteiger partial charge in [-0.15, -0.1) is 17.9 Å². The summed E-state index contributed by atoms with van der Waals surface area (Å²) in [5.41, 5.74) is 0. The van der Waals surface area contributed by atoms with Crippen LogP contribution in [0.1, 0.15) is 24.3 Å². The minimum atomic E-state index is 0.441. The van der Waals surface area contributed by atoms with E-state index in [0.717, 1.165) is 13.0 Å². The lowest BCUT2D eigenvalue weighted by Crippen LogP contribution is -2.18. The van der Waals surface area contributed by atoms with Gasteiger partial charge in [-0.05, 0) is 48.0 Å². The van der Waals surface area contributed by atoms with Gasteiger partial charge in [0.2, 0.25) is 0 Å².